The van der Waals surface area contributed by atoms with Gasteiger partial charge in [-0.1, -0.05) is 49.7 Å². The number of sulfonamides is 1. The van der Waals surface area contributed by atoms with Crippen LogP contribution >= 0.6 is 0 Å². The standard InChI is InChI=1S/C32H43N3O4S/c1-22-9-11-24(12-10-22)40(38,39)35-28-20-30(2,3)27-19-31(4,37)16-17-32(27,28)15-13-29(36)33-18-14-23-21-34-26-8-6-5-7-25(23)26/h5-12,21,27-28,34-35,37H,13-20H2,1-4H3,(H,33,36). The number of aromatic nitrogens is 1. The molecule has 2 aliphatic rings. The summed E-state index contributed by atoms with van der Waals surface area (Å²) in [5, 5.41) is 15.3. The van der Waals surface area contributed by atoms with Crippen molar-refractivity contribution in [3.8, 4) is 0 Å². The Balaban J connectivity index is 1.31. The number of carbonyl (C=O) groups is 1. The van der Waals surface area contributed by atoms with Gasteiger partial charge in [0.2, 0.25) is 15.9 Å². The summed E-state index contributed by atoms with van der Waals surface area (Å²) in [5.74, 6) is 0.0728. The maximum absolute atomic E-state index is 13.5. The molecule has 2 aromatic carbocycles. The molecule has 2 fully saturated rings. The molecule has 4 N–H and O–H groups in total. The highest BCUT2D eigenvalue weighted by atomic mass is 32.2. The Morgan fingerprint density at radius 2 is 1.77 bits per heavy atom. The third kappa shape index (κ3) is 5.71. The van der Waals surface area contributed by atoms with Gasteiger partial charge < -0.3 is 15.4 Å². The second kappa shape index (κ2) is 10.6. The summed E-state index contributed by atoms with van der Waals surface area (Å²) in [6.07, 6.45) is 6.18. The number of nitrogens with one attached hydrogen (secondary N) is 3. The van der Waals surface area contributed by atoms with Crippen LogP contribution in [0.25, 0.3) is 10.9 Å². The average molecular weight is 566 g/mol. The fraction of sp³-hybridized carbons (Fsp3) is 0.531. The maximum Gasteiger partial charge on any atom is 0.240 e. The highest BCUT2D eigenvalue weighted by Crippen LogP contribution is 2.64. The Kier molecular flexibility index (Phi) is 7.66. The summed E-state index contributed by atoms with van der Waals surface area (Å²) in [7, 11) is -3.74. The van der Waals surface area contributed by atoms with E-state index in [1.165, 1.54) is 10.9 Å². The molecule has 1 amide bonds. The highest BCUT2D eigenvalue weighted by Gasteiger charge is 2.62. The molecular formula is C32H43N3O4S. The van der Waals surface area contributed by atoms with Crippen LogP contribution in [-0.4, -0.2) is 42.6 Å². The number of fused-ring (bicyclic) bond motifs is 2. The third-order valence-corrected chi connectivity index (χ3v) is 11.2. The first kappa shape index (κ1) is 28.8. The summed E-state index contributed by atoms with van der Waals surface area (Å²) in [6, 6.07) is 14.7. The van der Waals surface area contributed by atoms with E-state index >= 15 is 0 Å². The Labute approximate surface area is 238 Å². The van der Waals surface area contributed by atoms with Gasteiger partial charge in [0, 0.05) is 36.1 Å². The van der Waals surface area contributed by atoms with E-state index < -0.39 is 21.0 Å². The fourth-order valence-corrected chi connectivity index (χ4v) is 8.80. The van der Waals surface area contributed by atoms with Crippen LogP contribution < -0.4 is 10.0 Å². The monoisotopic (exact) mass is 565 g/mol. The predicted molar refractivity (Wildman–Crippen MR) is 158 cm³/mol. The van der Waals surface area contributed by atoms with Gasteiger partial charge >= 0.3 is 0 Å². The quantitative estimate of drug-likeness (QED) is 0.285. The second-order valence-corrected chi connectivity index (χ2v) is 14.8. The van der Waals surface area contributed by atoms with E-state index in [4.69, 9.17) is 0 Å². The molecule has 0 spiro atoms. The molecule has 2 saturated carbocycles. The number of hydrogen-bond donors (Lipinski definition) is 4. The molecule has 4 unspecified atom stereocenters. The van der Waals surface area contributed by atoms with Crippen molar-refractivity contribution in [2.45, 2.75) is 89.2 Å². The van der Waals surface area contributed by atoms with Crippen molar-refractivity contribution in [2.75, 3.05) is 6.54 Å². The van der Waals surface area contributed by atoms with Crippen LogP contribution in [0, 0.1) is 23.7 Å². The number of aryl methyl sites for hydroxylation is 1. The Morgan fingerprint density at radius 1 is 1.05 bits per heavy atom. The largest absolute Gasteiger partial charge is 0.390 e. The van der Waals surface area contributed by atoms with E-state index in [0.29, 0.717) is 45.1 Å². The van der Waals surface area contributed by atoms with Crippen molar-refractivity contribution in [2.24, 2.45) is 16.7 Å². The normalized spacial score (nSPS) is 27.9. The SMILES string of the molecule is Cc1ccc(S(=O)(=O)NC2CC(C)(C)C3CC(C)(O)CCC23CCC(=O)NCCc2c[nH]c3ccccc23)cc1. The van der Waals surface area contributed by atoms with Crippen LogP contribution in [-0.2, 0) is 21.2 Å². The zero-order valence-electron chi connectivity index (χ0n) is 24.1. The van der Waals surface area contributed by atoms with Gasteiger partial charge in [0.1, 0.15) is 0 Å². The minimum Gasteiger partial charge on any atom is -0.390 e. The molecular weight excluding hydrogens is 522 g/mol. The smallest absolute Gasteiger partial charge is 0.240 e. The first-order chi connectivity index (χ1) is 18.8. The number of benzene rings is 2. The number of hydrogen-bond acceptors (Lipinski definition) is 4. The molecule has 1 heterocycles. The number of carbonyl (C=O) groups excluding carboxylic acids is 1. The molecule has 0 aliphatic heterocycles. The van der Waals surface area contributed by atoms with E-state index in [9.17, 15) is 18.3 Å². The Bertz CT molecular complexity index is 1480. The zero-order chi connectivity index (χ0) is 28.8. The van der Waals surface area contributed by atoms with E-state index in [0.717, 1.165) is 17.5 Å². The van der Waals surface area contributed by atoms with Crippen molar-refractivity contribution in [1.29, 1.82) is 0 Å². The van der Waals surface area contributed by atoms with Crippen LogP contribution in [0.1, 0.15) is 70.4 Å². The van der Waals surface area contributed by atoms with E-state index in [1.807, 2.05) is 50.4 Å². The molecule has 0 saturated heterocycles. The van der Waals surface area contributed by atoms with Crippen molar-refractivity contribution in [3.63, 3.8) is 0 Å². The molecule has 8 heteroatoms. The third-order valence-electron chi connectivity index (χ3n) is 9.67. The molecule has 0 radical (unpaired) electrons. The van der Waals surface area contributed by atoms with Crippen LogP contribution in [0.15, 0.2) is 59.6 Å². The molecule has 5 rings (SSSR count). The van der Waals surface area contributed by atoms with Gasteiger partial charge in [-0.2, -0.15) is 0 Å². The summed E-state index contributed by atoms with van der Waals surface area (Å²) in [6.45, 7) is 8.71. The fourth-order valence-electron chi connectivity index (χ4n) is 7.48. The summed E-state index contributed by atoms with van der Waals surface area (Å²) < 4.78 is 30.1. The van der Waals surface area contributed by atoms with Crippen LogP contribution in [0.2, 0.25) is 0 Å². The lowest BCUT2D eigenvalue weighted by atomic mass is 9.57. The van der Waals surface area contributed by atoms with E-state index in [1.54, 1.807) is 12.1 Å². The summed E-state index contributed by atoms with van der Waals surface area (Å²) >= 11 is 0. The molecule has 216 valence electrons. The van der Waals surface area contributed by atoms with Crippen molar-refractivity contribution < 1.29 is 18.3 Å². The highest BCUT2D eigenvalue weighted by molar-refractivity contribution is 7.89. The van der Waals surface area contributed by atoms with Gasteiger partial charge in [-0.25, -0.2) is 13.1 Å². The topological polar surface area (TPSA) is 111 Å². The zero-order valence-corrected chi connectivity index (χ0v) is 24.9. The number of rotatable bonds is 9. The number of amides is 1. The lowest BCUT2D eigenvalue weighted by Crippen LogP contribution is -2.52. The number of aromatic amines is 1. The van der Waals surface area contributed by atoms with Gasteiger partial charge in [-0.15, -0.1) is 0 Å². The molecule has 40 heavy (non-hydrogen) atoms. The molecule has 0 bridgehead atoms. The number of H-pyrrole nitrogens is 1. The minimum atomic E-state index is -3.74. The number of aliphatic hydroxyl groups is 1. The van der Waals surface area contributed by atoms with Gasteiger partial charge in [0.25, 0.3) is 0 Å². The first-order valence-electron chi connectivity index (χ1n) is 14.4. The van der Waals surface area contributed by atoms with Gasteiger partial charge in [0.15, 0.2) is 0 Å². The van der Waals surface area contributed by atoms with Crippen molar-refractivity contribution in [3.05, 3.63) is 65.9 Å². The van der Waals surface area contributed by atoms with E-state index in [-0.39, 0.29) is 28.2 Å². The van der Waals surface area contributed by atoms with Crippen LogP contribution in [0.4, 0.5) is 0 Å². The Hall–Kier alpha value is -2.68. The second-order valence-electron chi connectivity index (χ2n) is 13.1. The van der Waals surface area contributed by atoms with Crippen molar-refractivity contribution in [1.82, 2.24) is 15.0 Å². The van der Waals surface area contributed by atoms with Gasteiger partial charge in [-0.3, -0.25) is 4.79 Å². The first-order valence-corrected chi connectivity index (χ1v) is 15.9. The van der Waals surface area contributed by atoms with Gasteiger partial charge in [-0.05, 0) is 92.9 Å². The van der Waals surface area contributed by atoms with E-state index in [2.05, 4.69) is 34.9 Å². The molecule has 3 aromatic rings. The molecule has 7 nitrogen and oxygen atoms in total. The van der Waals surface area contributed by atoms with Crippen LogP contribution in [0.3, 0.4) is 0 Å². The summed E-state index contributed by atoms with van der Waals surface area (Å²) in [5.41, 5.74) is 1.88. The lowest BCUT2D eigenvalue weighted by Gasteiger charge is -2.50. The average Bonchev–Trinajstić information content (AvgIpc) is 3.39. The predicted octanol–water partition coefficient (Wildman–Crippen LogP) is 5.23. The lowest BCUT2D eigenvalue weighted by molar-refractivity contribution is -0.123. The number of para-hydroxylation sites is 1. The molecule has 4 atom stereocenters. The molecule has 2 aliphatic carbocycles. The summed E-state index contributed by atoms with van der Waals surface area (Å²) in [4.78, 5) is 16.6. The van der Waals surface area contributed by atoms with Crippen molar-refractivity contribution >= 4 is 26.8 Å². The molecule has 1 aromatic heterocycles. The maximum atomic E-state index is 13.5. The Morgan fingerprint density at radius 3 is 2.52 bits per heavy atom. The van der Waals surface area contributed by atoms with Crippen LogP contribution in [0.5, 0.6) is 0 Å². The minimum absolute atomic E-state index is 0.0184. The van der Waals surface area contributed by atoms with Gasteiger partial charge in [0.05, 0.1) is 10.5 Å².